The third kappa shape index (κ3) is 3.13. The van der Waals surface area contributed by atoms with Crippen LogP contribution in [0, 0.1) is 0 Å². The maximum atomic E-state index is 12.2. The van der Waals surface area contributed by atoms with E-state index in [1.807, 2.05) is 6.07 Å². The Hall–Kier alpha value is -2.70. The predicted octanol–water partition coefficient (Wildman–Crippen LogP) is 0.482. The summed E-state index contributed by atoms with van der Waals surface area (Å²) < 4.78 is 0. The van der Waals surface area contributed by atoms with Crippen molar-refractivity contribution in [1.29, 1.82) is 0 Å². The summed E-state index contributed by atoms with van der Waals surface area (Å²) in [5.74, 6) is -0.322. The topological polar surface area (TPSA) is 80.1 Å². The summed E-state index contributed by atoms with van der Waals surface area (Å²) in [4.78, 5) is 27.4. The second-order valence-corrected chi connectivity index (χ2v) is 5.18. The molecule has 7 heteroatoms. The molecule has 0 radical (unpaired) electrons. The van der Waals surface area contributed by atoms with Gasteiger partial charge in [-0.25, -0.2) is 0 Å². The minimum atomic E-state index is -0.238. The van der Waals surface area contributed by atoms with Crippen LogP contribution in [0.3, 0.4) is 0 Å². The number of rotatable bonds is 4. The van der Waals surface area contributed by atoms with Crippen LogP contribution in [-0.2, 0) is 4.79 Å². The van der Waals surface area contributed by atoms with Gasteiger partial charge in [0.25, 0.3) is 5.91 Å². The fourth-order valence-corrected chi connectivity index (χ4v) is 2.53. The van der Waals surface area contributed by atoms with Crippen LogP contribution in [0.4, 0.5) is 0 Å². The van der Waals surface area contributed by atoms with E-state index in [4.69, 9.17) is 0 Å². The van der Waals surface area contributed by atoms with Gasteiger partial charge >= 0.3 is 0 Å². The highest BCUT2D eigenvalue weighted by Crippen LogP contribution is 2.19. The molecule has 1 aromatic heterocycles. The lowest BCUT2D eigenvalue weighted by Crippen LogP contribution is -2.39. The van der Waals surface area contributed by atoms with E-state index in [1.165, 1.54) is 0 Å². The van der Waals surface area contributed by atoms with E-state index < -0.39 is 0 Å². The largest absolute Gasteiger partial charge is 0.343 e. The minimum Gasteiger partial charge on any atom is -0.343 e. The normalized spacial score (nSPS) is 17.5. The van der Waals surface area contributed by atoms with Gasteiger partial charge < -0.3 is 10.2 Å². The smallest absolute Gasteiger partial charge is 0.251 e. The summed E-state index contributed by atoms with van der Waals surface area (Å²) in [6.07, 6.45) is 4.09. The summed E-state index contributed by atoms with van der Waals surface area (Å²) >= 11 is 0. The first kappa shape index (κ1) is 14.2. The molecule has 1 N–H and O–H groups in total. The first-order valence-electron chi connectivity index (χ1n) is 7.21. The maximum Gasteiger partial charge on any atom is 0.251 e. The second-order valence-electron chi connectivity index (χ2n) is 5.18. The van der Waals surface area contributed by atoms with Gasteiger partial charge in [0.2, 0.25) is 5.91 Å². The number of nitrogens with zero attached hydrogens (tertiary/aromatic N) is 4. The third-order valence-corrected chi connectivity index (χ3v) is 3.72. The molecule has 1 aliphatic rings. The van der Waals surface area contributed by atoms with Crippen molar-refractivity contribution < 1.29 is 9.59 Å². The fraction of sp³-hybridized carbons (Fsp3) is 0.333. The van der Waals surface area contributed by atoms with Crippen molar-refractivity contribution in [1.82, 2.24) is 25.2 Å². The number of aromatic nitrogens is 3. The van der Waals surface area contributed by atoms with Crippen molar-refractivity contribution in [3.05, 3.63) is 48.3 Å². The van der Waals surface area contributed by atoms with Crippen molar-refractivity contribution in [2.75, 3.05) is 19.6 Å². The zero-order valence-electron chi connectivity index (χ0n) is 12.1. The number of likely N-dealkylation sites (tertiary alicyclic amines) is 1. The number of nitrogens with one attached hydrogen (secondary N) is 1. The van der Waals surface area contributed by atoms with E-state index in [9.17, 15) is 9.59 Å². The number of amides is 2. The molecule has 0 spiro atoms. The van der Waals surface area contributed by atoms with Crippen LogP contribution in [-0.4, -0.2) is 51.3 Å². The van der Waals surface area contributed by atoms with Gasteiger partial charge in [0.05, 0.1) is 25.0 Å². The van der Waals surface area contributed by atoms with Crippen molar-refractivity contribution >= 4 is 11.8 Å². The van der Waals surface area contributed by atoms with Gasteiger partial charge in [-0.2, -0.15) is 15.0 Å². The Labute approximate surface area is 127 Å². The Morgan fingerprint density at radius 3 is 2.64 bits per heavy atom. The van der Waals surface area contributed by atoms with Crippen LogP contribution >= 0.6 is 0 Å². The molecule has 1 saturated heterocycles. The molecule has 2 aromatic rings. The first-order valence-corrected chi connectivity index (χ1v) is 7.21. The van der Waals surface area contributed by atoms with E-state index in [2.05, 4.69) is 15.5 Å². The molecule has 1 aromatic carbocycles. The molecule has 1 atom stereocenters. The van der Waals surface area contributed by atoms with Gasteiger partial charge in [0.1, 0.15) is 0 Å². The lowest BCUT2D eigenvalue weighted by Gasteiger charge is -2.16. The molecule has 0 unspecified atom stereocenters. The van der Waals surface area contributed by atoms with E-state index in [-0.39, 0.29) is 24.4 Å². The minimum absolute atomic E-state index is 0.00693. The molecule has 0 bridgehead atoms. The van der Waals surface area contributed by atoms with Crippen molar-refractivity contribution in [2.24, 2.45) is 0 Å². The summed E-state index contributed by atoms with van der Waals surface area (Å²) in [5, 5.41) is 10.9. The quantitative estimate of drug-likeness (QED) is 0.890. The zero-order valence-corrected chi connectivity index (χ0v) is 12.1. The number of carbonyl (C=O) groups excluding carboxylic acids is 2. The lowest BCUT2D eigenvalue weighted by atomic mass is 10.2. The molecule has 2 amide bonds. The summed E-state index contributed by atoms with van der Waals surface area (Å²) in [6.45, 7) is 1.24. The number of hydrogen-bond donors (Lipinski definition) is 1. The van der Waals surface area contributed by atoms with E-state index in [0.717, 1.165) is 6.42 Å². The molecule has 2 heterocycles. The van der Waals surface area contributed by atoms with Gasteiger partial charge in [-0.1, -0.05) is 18.2 Å². The van der Waals surface area contributed by atoms with Gasteiger partial charge in [-0.3, -0.25) is 9.59 Å². The molecule has 1 fully saturated rings. The molecular formula is C15H17N5O2. The third-order valence-electron chi connectivity index (χ3n) is 3.72. The van der Waals surface area contributed by atoms with E-state index >= 15 is 0 Å². The Morgan fingerprint density at radius 2 is 1.91 bits per heavy atom. The van der Waals surface area contributed by atoms with Crippen molar-refractivity contribution in [3.63, 3.8) is 0 Å². The average molecular weight is 299 g/mol. The first-order chi connectivity index (χ1) is 10.7. The molecule has 3 rings (SSSR count). The lowest BCUT2D eigenvalue weighted by molar-refractivity contribution is -0.129. The maximum absolute atomic E-state index is 12.2. The highest BCUT2D eigenvalue weighted by atomic mass is 16.2. The summed E-state index contributed by atoms with van der Waals surface area (Å²) in [6, 6.07) is 8.97. The monoisotopic (exact) mass is 299 g/mol. The Morgan fingerprint density at radius 1 is 1.18 bits per heavy atom. The van der Waals surface area contributed by atoms with Gasteiger partial charge in [0.15, 0.2) is 0 Å². The molecule has 114 valence electrons. The van der Waals surface area contributed by atoms with Crippen LogP contribution < -0.4 is 5.32 Å². The SMILES string of the molecule is O=C(NCC(=O)N1CC[C@@H](n2nccn2)C1)c1ccccc1. The fourth-order valence-electron chi connectivity index (χ4n) is 2.53. The van der Waals surface area contributed by atoms with Crippen LogP contribution in [0.1, 0.15) is 22.8 Å². The molecule has 22 heavy (non-hydrogen) atoms. The van der Waals surface area contributed by atoms with Crippen molar-refractivity contribution in [2.45, 2.75) is 12.5 Å². The predicted molar refractivity (Wildman–Crippen MR) is 79.0 cm³/mol. The number of carbonyl (C=O) groups is 2. The Kier molecular flexibility index (Phi) is 4.13. The second kappa shape index (κ2) is 6.38. The average Bonchev–Trinajstić information content (AvgIpc) is 3.23. The number of benzene rings is 1. The summed E-state index contributed by atoms with van der Waals surface area (Å²) in [7, 11) is 0. The van der Waals surface area contributed by atoms with E-state index in [0.29, 0.717) is 18.7 Å². The van der Waals surface area contributed by atoms with Gasteiger partial charge in [0, 0.05) is 18.7 Å². The highest BCUT2D eigenvalue weighted by molar-refractivity contribution is 5.96. The van der Waals surface area contributed by atoms with Crippen LogP contribution in [0.2, 0.25) is 0 Å². The van der Waals surface area contributed by atoms with Gasteiger partial charge in [-0.05, 0) is 18.6 Å². The Bertz CT molecular complexity index is 641. The molecular weight excluding hydrogens is 282 g/mol. The number of hydrogen-bond acceptors (Lipinski definition) is 4. The summed E-state index contributed by atoms with van der Waals surface area (Å²) in [5.41, 5.74) is 0.551. The highest BCUT2D eigenvalue weighted by Gasteiger charge is 2.28. The van der Waals surface area contributed by atoms with Crippen molar-refractivity contribution in [3.8, 4) is 0 Å². The van der Waals surface area contributed by atoms with Gasteiger partial charge in [-0.15, -0.1) is 0 Å². The zero-order chi connectivity index (χ0) is 15.4. The Balaban J connectivity index is 1.50. The molecule has 0 saturated carbocycles. The van der Waals surface area contributed by atoms with Crippen LogP contribution in [0.15, 0.2) is 42.7 Å². The van der Waals surface area contributed by atoms with Crippen LogP contribution in [0.5, 0.6) is 0 Å². The molecule has 1 aliphatic heterocycles. The van der Waals surface area contributed by atoms with E-state index in [1.54, 1.807) is 46.4 Å². The van der Waals surface area contributed by atoms with Crippen LogP contribution in [0.25, 0.3) is 0 Å². The molecule has 0 aliphatic carbocycles. The molecule has 7 nitrogen and oxygen atoms in total. The standard InChI is InChI=1S/C15H17N5O2/c21-14(10-16-15(22)12-4-2-1-3-5-12)19-9-6-13(11-19)20-17-7-8-18-20/h1-5,7-8,13H,6,9-11H2,(H,16,22)/t13-/m1/s1.